The zero-order valence-electron chi connectivity index (χ0n) is 12.7. The molecule has 1 heterocycles. The number of hydrogen-bond donors (Lipinski definition) is 1. The molecule has 23 heavy (non-hydrogen) atoms. The van der Waals surface area contributed by atoms with Crippen LogP contribution in [0.25, 0.3) is 6.08 Å². The number of nitro groups is 1. The van der Waals surface area contributed by atoms with Crippen LogP contribution in [0.15, 0.2) is 28.1 Å². The van der Waals surface area contributed by atoms with E-state index < -0.39 is 4.92 Å². The third-order valence-electron chi connectivity index (χ3n) is 4.00. The summed E-state index contributed by atoms with van der Waals surface area (Å²) in [5.74, 6) is -0.199. The Morgan fingerprint density at radius 3 is 2.83 bits per heavy atom. The van der Waals surface area contributed by atoms with Crippen molar-refractivity contribution in [3.8, 4) is 0 Å². The second kappa shape index (κ2) is 6.54. The maximum atomic E-state index is 12.0. The van der Waals surface area contributed by atoms with Crippen molar-refractivity contribution in [3.05, 3.63) is 44.3 Å². The summed E-state index contributed by atoms with van der Waals surface area (Å²) in [6.45, 7) is 1.69. The summed E-state index contributed by atoms with van der Waals surface area (Å²) in [5, 5.41) is 14.4. The number of amidine groups is 1. The van der Waals surface area contributed by atoms with Crippen molar-refractivity contribution in [2.24, 2.45) is 4.99 Å². The summed E-state index contributed by atoms with van der Waals surface area (Å²) in [4.78, 5) is 27.7. The van der Waals surface area contributed by atoms with E-state index in [0.29, 0.717) is 27.2 Å². The first-order chi connectivity index (χ1) is 11.0. The van der Waals surface area contributed by atoms with Gasteiger partial charge in [-0.2, -0.15) is 0 Å². The normalized spacial score (nSPS) is 22.0. The van der Waals surface area contributed by atoms with Crippen LogP contribution < -0.4 is 5.32 Å². The van der Waals surface area contributed by atoms with E-state index in [1.165, 1.54) is 30.7 Å². The lowest BCUT2D eigenvalue weighted by Gasteiger charge is -2.02. The Hall–Kier alpha value is -2.15. The molecule has 2 fully saturated rings. The Bertz CT molecular complexity index is 721. The highest BCUT2D eigenvalue weighted by Crippen LogP contribution is 2.30. The Morgan fingerprint density at radius 1 is 1.39 bits per heavy atom. The first-order valence-electron chi connectivity index (χ1n) is 7.56. The van der Waals surface area contributed by atoms with Crippen molar-refractivity contribution in [2.75, 3.05) is 0 Å². The fourth-order valence-corrected chi connectivity index (χ4v) is 3.64. The minimum absolute atomic E-state index is 0.0580. The third-order valence-corrected chi connectivity index (χ3v) is 4.93. The molecule has 7 heteroatoms. The van der Waals surface area contributed by atoms with Gasteiger partial charge in [-0.05, 0) is 43.2 Å². The van der Waals surface area contributed by atoms with Gasteiger partial charge in [0.1, 0.15) is 0 Å². The van der Waals surface area contributed by atoms with Crippen LogP contribution in [0.4, 0.5) is 5.69 Å². The molecule has 6 nitrogen and oxygen atoms in total. The van der Waals surface area contributed by atoms with Crippen LogP contribution in [-0.2, 0) is 4.79 Å². The number of amides is 1. The molecule has 1 saturated heterocycles. The minimum Gasteiger partial charge on any atom is -0.301 e. The topological polar surface area (TPSA) is 84.6 Å². The molecule has 1 aromatic carbocycles. The molecule has 1 saturated carbocycles. The van der Waals surface area contributed by atoms with Crippen LogP contribution in [-0.4, -0.2) is 22.0 Å². The van der Waals surface area contributed by atoms with Gasteiger partial charge in [-0.3, -0.25) is 19.9 Å². The molecule has 1 aliphatic heterocycles. The smallest absolute Gasteiger partial charge is 0.272 e. The molecule has 0 radical (unpaired) electrons. The average Bonchev–Trinajstić information content (AvgIpc) is 3.12. The highest BCUT2D eigenvalue weighted by atomic mass is 32.2. The van der Waals surface area contributed by atoms with Crippen molar-refractivity contribution < 1.29 is 9.72 Å². The second-order valence-corrected chi connectivity index (χ2v) is 6.77. The molecule has 1 aromatic rings. The van der Waals surface area contributed by atoms with E-state index in [-0.39, 0.29) is 11.6 Å². The molecule has 1 amide bonds. The van der Waals surface area contributed by atoms with Crippen molar-refractivity contribution in [1.29, 1.82) is 0 Å². The number of nitro benzene ring substituents is 1. The van der Waals surface area contributed by atoms with Gasteiger partial charge in [-0.1, -0.05) is 25.0 Å². The number of aryl methyl sites for hydroxylation is 1. The summed E-state index contributed by atoms with van der Waals surface area (Å²) in [5.41, 5.74) is 1.30. The first-order valence-corrected chi connectivity index (χ1v) is 8.38. The van der Waals surface area contributed by atoms with Crippen LogP contribution >= 0.6 is 11.8 Å². The Morgan fingerprint density at radius 2 is 2.13 bits per heavy atom. The van der Waals surface area contributed by atoms with Crippen LogP contribution in [0.5, 0.6) is 0 Å². The van der Waals surface area contributed by atoms with E-state index in [2.05, 4.69) is 10.3 Å². The monoisotopic (exact) mass is 331 g/mol. The summed E-state index contributed by atoms with van der Waals surface area (Å²) in [7, 11) is 0. The number of carbonyl (C=O) groups is 1. The summed E-state index contributed by atoms with van der Waals surface area (Å²) in [6.07, 6.45) is 6.20. The molecule has 1 N–H and O–H groups in total. The van der Waals surface area contributed by atoms with Crippen LogP contribution in [0.2, 0.25) is 0 Å². The van der Waals surface area contributed by atoms with E-state index in [4.69, 9.17) is 0 Å². The lowest BCUT2D eigenvalue weighted by molar-refractivity contribution is -0.385. The summed E-state index contributed by atoms with van der Waals surface area (Å²) in [6, 6.07) is 5.25. The lowest BCUT2D eigenvalue weighted by Crippen LogP contribution is -2.21. The SMILES string of the molecule is Cc1ccc(/C=C2\SC(=NC3CCCC3)NC2=O)cc1[N+](=O)[O-]. The largest absolute Gasteiger partial charge is 0.301 e. The highest BCUT2D eigenvalue weighted by Gasteiger charge is 2.25. The number of nitrogens with one attached hydrogen (secondary N) is 1. The fraction of sp³-hybridized carbons (Fsp3) is 0.375. The third kappa shape index (κ3) is 3.61. The van der Waals surface area contributed by atoms with Crippen LogP contribution in [0.1, 0.15) is 36.8 Å². The number of thioether (sulfide) groups is 1. The minimum atomic E-state index is -0.411. The Kier molecular flexibility index (Phi) is 4.47. The maximum absolute atomic E-state index is 12.0. The van der Waals surface area contributed by atoms with Gasteiger partial charge in [0.15, 0.2) is 5.17 Å². The number of carbonyl (C=O) groups excluding carboxylic acids is 1. The van der Waals surface area contributed by atoms with Gasteiger partial charge < -0.3 is 5.32 Å². The van der Waals surface area contributed by atoms with Gasteiger partial charge in [0, 0.05) is 11.6 Å². The zero-order valence-corrected chi connectivity index (χ0v) is 13.6. The molecule has 0 aromatic heterocycles. The summed E-state index contributed by atoms with van der Waals surface area (Å²) < 4.78 is 0. The fourth-order valence-electron chi connectivity index (χ4n) is 2.75. The van der Waals surface area contributed by atoms with E-state index in [9.17, 15) is 14.9 Å². The molecule has 1 aliphatic carbocycles. The standard InChI is InChI=1S/C16H17N3O3S/c1-10-6-7-11(8-13(10)19(21)22)9-14-15(20)18-16(23-14)17-12-4-2-3-5-12/h6-9,12H,2-5H2,1H3,(H,17,18,20)/b14-9-. The molecule has 0 atom stereocenters. The van der Waals surface area contributed by atoms with Crippen LogP contribution in [0.3, 0.4) is 0 Å². The molecule has 0 unspecified atom stereocenters. The van der Waals surface area contributed by atoms with Gasteiger partial charge >= 0.3 is 0 Å². The van der Waals surface area contributed by atoms with Gasteiger partial charge in [-0.15, -0.1) is 0 Å². The molecule has 0 spiro atoms. The number of rotatable bonds is 3. The molecule has 3 rings (SSSR count). The van der Waals surface area contributed by atoms with E-state index in [0.717, 1.165) is 12.8 Å². The van der Waals surface area contributed by atoms with Gasteiger partial charge in [0.25, 0.3) is 11.6 Å². The van der Waals surface area contributed by atoms with Gasteiger partial charge in [0.05, 0.1) is 15.9 Å². The quantitative estimate of drug-likeness (QED) is 0.522. The number of aliphatic imine (C=N–C) groups is 1. The van der Waals surface area contributed by atoms with E-state index >= 15 is 0 Å². The first kappa shape index (κ1) is 15.7. The average molecular weight is 331 g/mol. The van der Waals surface area contributed by atoms with Crippen molar-refractivity contribution >= 4 is 34.6 Å². The predicted molar refractivity (Wildman–Crippen MR) is 91.2 cm³/mol. The lowest BCUT2D eigenvalue weighted by atomic mass is 10.1. The van der Waals surface area contributed by atoms with Crippen molar-refractivity contribution in [3.63, 3.8) is 0 Å². The number of benzene rings is 1. The van der Waals surface area contributed by atoms with Gasteiger partial charge in [0.2, 0.25) is 0 Å². The molecule has 2 aliphatic rings. The molecule has 0 bridgehead atoms. The summed E-state index contributed by atoms with van der Waals surface area (Å²) >= 11 is 1.30. The molecular weight excluding hydrogens is 314 g/mol. The van der Waals surface area contributed by atoms with Crippen molar-refractivity contribution in [1.82, 2.24) is 5.32 Å². The van der Waals surface area contributed by atoms with Crippen LogP contribution in [0, 0.1) is 17.0 Å². The Labute approximate surface area is 138 Å². The molecule has 120 valence electrons. The van der Waals surface area contributed by atoms with Gasteiger partial charge in [-0.25, -0.2) is 0 Å². The Balaban J connectivity index is 1.81. The predicted octanol–water partition coefficient (Wildman–Crippen LogP) is 3.41. The second-order valence-electron chi connectivity index (χ2n) is 5.74. The van der Waals surface area contributed by atoms with Crippen molar-refractivity contribution in [2.45, 2.75) is 38.6 Å². The molecular formula is C16H17N3O3S. The van der Waals surface area contributed by atoms with E-state index in [1.54, 1.807) is 25.1 Å². The zero-order chi connectivity index (χ0) is 16.4. The number of hydrogen-bond acceptors (Lipinski definition) is 5. The van der Waals surface area contributed by atoms with E-state index in [1.807, 2.05) is 0 Å². The maximum Gasteiger partial charge on any atom is 0.272 e. The number of nitrogens with zero attached hydrogens (tertiary/aromatic N) is 2. The highest BCUT2D eigenvalue weighted by molar-refractivity contribution is 8.18.